The zero-order valence-electron chi connectivity index (χ0n) is 23.1. The lowest BCUT2D eigenvalue weighted by atomic mass is 9.46. The molecule has 2 heterocycles. The standard InChI is InChI=1S/C20H28O4.C10H14N4O/c1-18-8-5-13(21)11-12(18)3-4-14-15(18)6-9-19(2)16(14)7-10-20(19,24)17(22)23;11-10(15)14-7-5-13(6-8-14)9-3-1-2-4-12-9/h11,14-16,24H,3-10H2,1-2H3,(H,22,23);1-4H,5-8H2,(H2,11,15)/t14-,15+,16+,18+,19+,20+;/m1./s1. The van der Waals surface area contributed by atoms with E-state index < -0.39 is 17.0 Å². The van der Waals surface area contributed by atoms with Crippen LogP contribution in [0.15, 0.2) is 36.0 Å². The van der Waals surface area contributed by atoms with Crippen molar-refractivity contribution in [2.45, 2.75) is 70.8 Å². The molecule has 9 nitrogen and oxygen atoms in total. The molecule has 0 unspecified atom stereocenters. The highest BCUT2D eigenvalue weighted by Gasteiger charge is 2.66. The number of fused-ring (bicyclic) bond motifs is 5. The number of carbonyl (C=O) groups excluding carboxylic acids is 2. The summed E-state index contributed by atoms with van der Waals surface area (Å²) in [6.45, 7) is 7.26. The van der Waals surface area contributed by atoms with Crippen LogP contribution >= 0.6 is 0 Å². The number of ketones is 1. The van der Waals surface area contributed by atoms with Gasteiger partial charge in [0.05, 0.1) is 0 Å². The Balaban J connectivity index is 0.000000177. The van der Waals surface area contributed by atoms with Crippen molar-refractivity contribution < 1.29 is 24.6 Å². The molecule has 4 N–H and O–H groups in total. The van der Waals surface area contributed by atoms with Crippen LogP contribution in [-0.2, 0) is 9.59 Å². The van der Waals surface area contributed by atoms with Crippen LogP contribution in [0.3, 0.4) is 0 Å². The Kier molecular flexibility index (Phi) is 7.24. The number of pyridine rings is 1. The summed E-state index contributed by atoms with van der Waals surface area (Å²) in [7, 11) is 0. The molecular weight excluding hydrogens is 496 g/mol. The summed E-state index contributed by atoms with van der Waals surface area (Å²) in [5, 5.41) is 20.5. The molecule has 39 heavy (non-hydrogen) atoms. The second-order valence-corrected chi connectivity index (χ2v) is 12.6. The number of aromatic nitrogens is 1. The maximum atomic E-state index is 11.8. The zero-order valence-corrected chi connectivity index (χ0v) is 23.1. The van der Waals surface area contributed by atoms with E-state index in [2.05, 4.69) is 16.8 Å². The number of primary amides is 1. The number of hydrogen-bond acceptors (Lipinski definition) is 6. The third kappa shape index (κ3) is 4.62. The number of nitrogens with two attached hydrogens (primary N) is 1. The Labute approximate surface area is 230 Å². The molecule has 6 atom stereocenters. The number of piperazine rings is 1. The van der Waals surface area contributed by atoms with Gasteiger partial charge in [-0.25, -0.2) is 14.6 Å². The fourth-order valence-corrected chi connectivity index (χ4v) is 8.62. The van der Waals surface area contributed by atoms with Crippen LogP contribution < -0.4 is 10.6 Å². The monoisotopic (exact) mass is 538 g/mol. The summed E-state index contributed by atoms with van der Waals surface area (Å²) in [5.41, 5.74) is 4.55. The van der Waals surface area contributed by atoms with Gasteiger partial charge in [-0.15, -0.1) is 0 Å². The maximum absolute atomic E-state index is 11.8. The van der Waals surface area contributed by atoms with Gasteiger partial charge in [-0.05, 0) is 86.3 Å². The molecule has 212 valence electrons. The number of carbonyl (C=O) groups is 3. The number of amides is 2. The molecule has 9 heteroatoms. The van der Waals surface area contributed by atoms with E-state index in [1.165, 1.54) is 5.57 Å². The molecule has 0 radical (unpaired) electrons. The molecule has 0 aromatic carbocycles. The average Bonchev–Trinajstić information content (AvgIpc) is 3.22. The zero-order chi connectivity index (χ0) is 28.0. The molecule has 4 fully saturated rings. The van der Waals surface area contributed by atoms with E-state index in [0.29, 0.717) is 37.8 Å². The van der Waals surface area contributed by atoms with Gasteiger partial charge in [-0.3, -0.25) is 4.79 Å². The highest BCUT2D eigenvalue weighted by Crippen LogP contribution is 2.67. The number of aliphatic carboxylic acids is 1. The van der Waals surface area contributed by atoms with Crippen molar-refractivity contribution in [3.05, 3.63) is 36.0 Å². The lowest BCUT2D eigenvalue weighted by molar-refractivity contribution is -0.181. The van der Waals surface area contributed by atoms with Crippen LogP contribution in [-0.4, -0.2) is 69.7 Å². The number of nitrogens with zero attached hydrogens (tertiary/aromatic N) is 3. The number of allylic oxidation sites excluding steroid dienone is 1. The van der Waals surface area contributed by atoms with E-state index in [4.69, 9.17) is 5.73 Å². The minimum atomic E-state index is -1.57. The molecule has 0 bridgehead atoms. The van der Waals surface area contributed by atoms with Gasteiger partial charge in [0.25, 0.3) is 0 Å². The second kappa shape index (κ2) is 10.2. The quantitative estimate of drug-likeness (QED) is 0.523. The molecule has 1 saturated heterocycles. The van der Waals surface area contributed by atoms with E-state index in [0.717, 1.165) is 57.4 Å². The molecule has 1 aliphatic heterocycles. The largest absolute Gasteiger partial charge is 0.479 e. The van der Waals surface area contributed by atoms with E-state index in [-0.39, 0.29) is 23.1 Å². The fraction of sp³-hybridized carbons (Fsp3) is 0.667. The number of hydrogen-bond donors (Lipinski definition) is 3. The van der Waals surface area contributed by atoms with Gasteiger partial charge in [0.1, 0.15) is 5.82 Å². The Hall–Kier alpha value is -2.94. The van der Waals surface area contributed by atoms with Crippen LogP contribution in [0.4, 0.5) is 10.6 Å². The summed E-state index contributed by atoms with van der Waals surface area (Å²) in [6.07, 6.45) is 10.2. The molecule has 2 amide bonds. The van der Waals surface area contributed by atoms with Crippen LogP contribution in [0.2, 0.25) is 0 Å². The van der Waals surface area contributed by atoms with Gasteiger partial charge in [-0.2, -0.15) is 0 Å². The normalized spacial score (nSPS) is 37.5. The highest BCUT2D eigenvalue weighted by atomic mass is 16.4. The Morgan fingerprint density at radius 3 is 2.36 bits per heavy atom. The van der Waals surface area contributed by atoms with E-state index in [9.17, 15) is 24.6 Å². The van der Waals surface area contributed by atoms with Gasteiger partial charge in [0.2, 0.25) is 0 Å². The van der Waals surface area contributed by atoms with Crippen molar-refractivity contribution in [2.75, 3.05) is 31.1 Å². The maximum Gasteiger partial charge on any atom is 0.336 e. The van der Waals surface area contributed by atoms with Gasteiger partial charge < -0.3 is 25.7 Å². The summed E-state index contributed by atoms with van der Waals surface area (Å²) in [4.78, 5) is 42.6. The van der Waals surface area contributed by atoms with Gasteiger partial charge in [0, 0.05) is 44.2 Å². The first-order valence-electron chi connectivity index (χ1n) is 14.4. The van der Waals surface area contributed by atoms with Gasteiger partial charge >= 0.3 is 12.0 Å². The van der Waals surface area contributed by atoms with Crippen LogP contribution in [0, 0.1) is 28.6 Å². The van der Waals surface area contributed by atoms with E-state index in [1.54, 1.807) is 11.1 Å². The van der Waals surface area contributed by atoms with Crippen molar-refractivity contribution in [3.8, 4) is 0 Å². The topological polar surface area (TPSA) is 137 Å². The van der Waals surface area contributed by atoms with Gasteiger partial charge in [-0.1, -0.05) is 25.5 Å². The summed E-state index contributed by atoms with van der Waals surface area (Å²) in [5.74, 6) is 1.47. The molecule has 5 aliphatic rings. The third-order valence-corrected chi connectivity index (χ3v) is 11.0. The van der Waals surface area contributed by atoms with Crippen molar-refractivity contribution in [1.82, 2.24) is 9.88 Å². The predicted octanol–water partition coefficient (Wildman–Crippen LogP) is 3.62. The van der Waals surface area contributed by atoms with Crippen LogP contribution in [0.1, 0.15) is 65.2 Å². The summed E-state index contributed by atoms with van der Waals surface area (Å²) >= 11 is 0. The number of carboxylic acids is 1. The van der Waals surface area contributed by atoms with Crippen molar-refractivity contribution >= 4 is 23.6 Å². The Morgan fingerprint density at radius 2 is 1.72 bits per heavy atom. The van der Waals surface area contributed by atoms with Crippen LogP contribution in [0.25, 0.3) is 0 Å². The Bertz CT molecular complexity index is 1150. The highest BCUT2D eigenvalue weighted by molar-refractivity contribution is 5.91. The average molecular weight is 539 g/mol. The number of anilines is 1. The lowest BCUT2D eigenvalue weighted by Crippen LogP contribution is -2.57. The Morgan fingerprint density at radius 1 is 1.00 bits per heavy atom. The first-order valence-corrected chi connectivity index (χ1v) is 14.4. The molecule has 4 aliphatic carbocycles. The van der Waals surface area contributed by atoms with Crippen molar-refractivity contribution in [3.63, 3.8) is 0 Å². The first-order chi connectivity index (χ1) is 18.5. The minimum Gasteiger partial charge on any atom is -0.479 e. The first kappa shape index (κ1) is 27.6. The second-order valence-electron chi connectivity index (χ2n) is 12.6. The van der Waals surface area contributed by atoms with E-state index in [1.807, 2.05) is 31.2 Å². The minimum absolute atomic E-state index is 0.0993. The number of rotatable bonds is 2. The van der Waals surface area contributed by atoms with Crippen molar-refractivity contribution in [1.29, 1.82) is 0 Å². The number of aliphatic hydroxyl groups is 1. The predicted molar refractivity (Wildman–Crippen MR) is 147 cm³/mol. The van der Waals surface area contributed by atoms with E-state index >= 15 is 0 Å². The molecule has 1 aromatic rings. The molecule has 3 saturated carbocycles. The molecule has 1 aromatic heterocycles. The van der Waals surface area contributed by atoms with Crippen molar-refractivity contribution in [2.24, 2.45) is 34.3 Å². The number of carboxylic acid groups (broad SMARTS) is 1. The molecule has 0 spiro atoms. The summed E-state index contributed by atoms with van der Waals surface area (Å²) < 4.78 is 0. The molecule has 6 rings (SSSR count). The fourth-order valence-electron chi connectivity index (χ4n) is 8.62. The summed E-state index contributed by atoms with van der Waals surface area (Å²) in [6, 6.07) is 5.49. The SMILES string of the molecule is C[C@]12CCC(=O)C=C1CC[C@@H]1[C@@H]2CC[C@@]2(C)[C@H]1CC[C@]2(O)C(=O)O.NC(=O)N1CCN(c2ccccn2)CC1. The third-order valence-electron chi connectivity index (χ3n) is 11.0. The van der Waals surface area contributed by atoms with Gasteiger partial charge in [0.15, 0.2) is 11.4 Å². The lowest BCUT2D eigenvalue weighted by Gasteiger charge is -2.58. The van der Waals surface area contributed by atoms with Crippen LogP contribution in [0.5, 0.6) is 0 Å². The number of urea groups is 1. The molecular formula is C30H42N4O5. The smallest absolute Gasteiger partial charge is 0.336 e.